The molecule has 1 fully saturated rings. The zero-order chi connectivity index (χ0) is 19.7. The van der Waals surface area contributed by atoms with Gasteiger partial charge in [-0.25, -0.2) is 13.4 Å². The van der Waals surface area contributed by atoms with Crippen LogP contribution >= 0.6 is 46.0 Å². The Labute approximate surface area is 180 Å². The van der Waals surface area contributed by atoms with Crippen molar-refractivity contribution < 1.29 is 13.2 Å². The fourth-order valence-corrected chi connectivity index (χ4v) is 7.90. The highest BCUT2D eigenvalue weighted by Gasteiger charge is 2.31. The van der Waals surface area contributed by atoms with Gasteiger partial charge >= 0.3 is 0 Å². The third-order valence-corrected chi connectivity index (χ3v) is 10.1. The van der Waals surface area contributed by atoms with Gasteiger partial charge in [0.05, 0.1) is 20.3 Å². The van der Waals surface area contributed by atoms with Crippen molar-refractivity contribution >= 4 is 72.2 Å². The van der Waals surface area contributed by atoms with Gasteiger partial charge in [-0.05, 0) is 24.3 Å². The van der Waals surface area contributed by atoms with E-state index in [-0.39, 0.29) is 23.2 Å². The third kappa shape index (κ3) is 4.22. The van der Waals surface area contributed by atoms with E-state index in [2.05, 4.69) is 4.98 Å². The minimum absolute atomic E-state index is 0.000437. The van der Waals surface area contributed by atoms with E-state index in [1.54, 1.807) is 22.3 Å². The maximum Gasteiger partial charge on any atom is 0.252 e. The molecule has 0 radical (unpaired) electrons. The molecule has 0 N–H and O–H groups in total. The molecule has 0 aliphatic carbocycles. The van der Waals surface area contributed by atoms with Gasteiger partial charge in [-0.2, -0.15) is 4.31 Å². The lowest BCUT2D eigenvalue weighted by Crippen LogP contribution is -2.50. The zero-order valence-corrected chi connectivity index (χ0v) is 18.6. The van der Waals surface area contributed by atoms with E-state index in [0.717, 1.165) is 25.9 Å². The van der Waals surface area contributed by atoms with Crippen LogP contribution in [0.25, 0.3) is 10.2 Å². The second kappa shape index (κ2) is 8.29. The first kappa shape index (κ1) is 20.1. The molecule has 3 heterocycles. The second-order valence-corrected chi connectivity index (χ2v) is 12.2. The minimum atomic E-state index is -3.54. The summed E-state index contributed by atoms with van der Waals surface area (Å²) >= 11 is 9.90. The Hall–Kier alpha value is -1.17. The number of thioether (sulfide) groups is 1. The Balaban J connectivity index is 1.32. The number of hydrogen-bond acceptors (Lipinski definition) is 7. The lowest BCUT2D eigenvalue weighted by atomic mass is 10.3. The molecule has 1 saturated heterocycles. The number of rotatable bonds is 5. The number of thiazole rings is 1. The van der Waals surface area contributed by atoms with E-state index in [9.17, 15) is 13.2 Å². The predicted molar refractivity (Wildman–Crippen MR) is 115 cm³/mol. The molecule has 1 amide bonds. The van der Waals surface area contributed by atoms with Crippen molar-refractivity contribution in [2.24, 2.45) is 0 Å². The van der Waals surface area contributed by atoms with E-state index in [1.807, 2.05) is 24.3 Å². The fraction of sp³-hybridized carbons (Fsp3) is 0.294. The van der Waals surface area contributed by atoms with Crippen LogP contribution in [0.4, 0.5) is 0 Å². The Morgan fingerprint density at radius 1 is 1.11 bits per heavy atom. The van der Waals surface area contributed by atoms with E-state index in [1.165, 1.54) is 22.1 Å². The van der Waals surface area contributed by atoms with Crippen LogP contribution in [-0.4, -0.2) is 60.4 Å². The van der Waals surface area contributed by atoms with Gasteiger partial charge in [0.15, 0.2) is 4.34 Å². The summed E-state index contributed by atoms with van der Waals surface area (Å²) in [7, 11) is -3.54. The van der Waals surface area contributed by atoms with Crippen molar-refractivity contribution in [3.05, 3.63) is 40.7 Å². The summed E-state index contributed by atoms with van der Waals surface area (Å²) < 4.78 is 29.3. The lowest BCUT2D eigenvalue weighted by molar-refractivity contribution is -0.129. The number of sulfonamides is 1. The first-order valence-corrected chi connectivity index (χ1v) is 12.9. The maximum atomic E-state index is 12.6. The van der Waals surface area contributed by atoms with Gasteiger partial charge in [0.1, 0.15) is 4.21 Å². The molecule has 28 heavy (non-hydrogen) atoms. The molecule has 2 aromatic heterocycles. The number of piperazine rings is 1. The van der Waals surface area contributed by atoms with Crippen LogP contribution in [0.1, 0.15) is 0 Å². The number of para-hydroxylation sites is 1. The van der Waals surface area contributed by atoms with E-state index in [0.29, 0.717) is 23.2 Å². The number of nitrogens with zero attached hydrogens (tertiary/aromatic N) is 3. The third-order valence-electron chi connectivity index (χ3n) is 4.33. The Morgan fingerprint density at radius 3 is 2.54 bits per heavy atom. The normalized spacial score (nSPS) is 16.0. The summed E-state index contributed by atoms with van der Waals surface area (Å²) in [5.74, 6) is 0.299. The molecule has 11 heteroatoms. The predicted octanol–water partition coefficient (Wildman–Crippen LogP) is 3.64. The van der Waals surface area contributed by atoms with Crippen LogP contribution in [0.15, 0.2) is 44.9 Å². The van der Waals surface area contributed by atoms with Crippen molar-refractivity contribution in [2.45, 2.75) is 8.55 Å². The van der Waals surface area contributed by atoms with E-state index < -0.39 is 10.0 Å². The Bertz CT molecular complexity index is 1070. The summed E-state index contributed by atoms with van der Waals surface area (Å²) in [6.45, 7) is 1.35. The number of benzene rings is 1. The van der Waals surface area contributed by atoms with E-state index >= 15 is 0 Å². The topological polar surface area (TPSA) is 70.6 Å². The van der Waals surface area contributed by atoms with Gasteiger partial charge in [-0.15, -0.1) is 22.7 Å². The van der Waals surface area contributed by atoms with Crippen molar-refractivity contribution in [1.29, 1.82) is 0 Å². The van der Waals surface area contributed by atoms with Crippen LogP contribution < -0.4 is 0 Å². The Kier molecular flexibility index (Phi) is 5.96. The number of carbonyl (C=O) groups is 1. The molecule has 4 rings (SSSR count). The molecule has 0 saturated carbocycles. The summed E-state index contributed by atoms with van der Waals surface area (Å²) in [6, 6.07) is 11.0. The van der Waals surface area contributed by atoms with Gasteiger partial charge in [0, 0.05) is 26.2 Å². The van der Waals surface area contributed by atoms with Gasteiger partial charge in [0.25, 0.3) is 10.0 Å². The molecule has 3 aromatic rings. The highest BCUT2D eigenvalue weighted by molar-refractivity contribution is 8.01. The molecule has 0 spiro atoms. The summed E-state index contributed by atoms with van der Waals surface area (Å²) in [4.78, 5) is 18.8. The average Bonchev–Trinajstić information content (AvgIpc) is 3.32. The number of amides is 1. The highest BCUT2D eigenvalue weighted by atomic mass is 35.5. The second-order valence-electron chi connectivity index (χ2n) is 6.08. The molecule has 1 aromatic carbocycles. The number of carbonyl (C=O) groups excluding carboxylic acids is 1. The summed E-state index contributed by atoms with van der Waals surface area (Å²) in [5.41, 5.74) is 0.940. The maximum absolute atomic E-state index is 12.6. The largest absolute Gasteiger partial charge is 0.339 e. The quantitative estimate of drug-likeness (QED) is 0.529. The van der Waals surface area contributed by atoms with Gasteiger partial charge in [0.2, 0.25) is 5.91 Å². The van der Waals surface area contributed by atoms with Crippen LogP contribution in [-0.2, 0) is 14.8 Å². The average molecular weight is 474 g/mol. The molecule has 1 aliphatic rings. The number of thiophene rings is 1. The number of fused-ring (bicyclic) bond motifs is 1. The molecular weight excluding hydrogens is 458 g/mol. The summed E-state index contributed by atoms with van der Waals surface area (Å²) in [6.07, 6.45) is 0. The fourth-order valence-electron chi connectivity index (χ4n) is 2.87. The zero-order valence-electron chi connectivity index (χ0n) is 14.6. The van der Waals surface area contributed by atoms with Crippen molar-refractivity contribution in [3.8, 4) is 0 Å². The molecule has 0 unspecified atom stereocenters. The molecule has 148 valence electrons. The standard InChI is InChI=1S/C17H16ClN3O3S4/c18-14-5-6-16(27-14)28(23,24)21-9-7-20(8-10-21)15(22)11-25-17-19-12-3-1-2-4-13(12)26-17/h1-6H,7-11H2. The molecule has 0 atom stereocenters. The first-order chi connectivity index (χ1) is 13.4. The highest BCUT2D eigenvalue weighted by Crippen LogP contribution is 2.30. The minimum Gasteiger partial charge on any atom is -0.339 e. The van der Waals surface area contributed by atoms with Crippen LogP contribution in [0, 0.1) is 0 Å². The Morgan fingerprint density at radius 2 is 1.86 bits per heavy atom. The first-order valence-electron chi connectivity index (χ1n) is 8.45. The van der Waals surface area contributed by atoms with Crippen LogP contribution in [0.3, 0.4) is 0 Å². The lowest BCUT2D eigenvalue weighted by Gasteiger charge is -2.33. The molecular formula is C17H16ClN3O3S4. The van der Waals surface area contributed by atoms with Crippen molar-refractivity contribution in [2.75, 3.05) is 31.9 Å². The van der Waals surface area contributed by atoms with Crippen LogP contribution in [0.5, 0.6) is 0 Å². The smallest absolute Gasteiger partial charge is 0.252 e. The van der Waals surface area contributed by atoms with Gasteiger partial charge in [-0.3, -0.25) is 4.79 Å². The van der Waals surface area contributed by atoms with E-state index in [4.69, 9.17) is 11.6 Å². The summed E-state index contributed by atoms with van der Waals surface area (Å²) in [5, 5.41) is 0. The van der Waals surface area contributed by atoms with Crippen LogP contribution in [0.2, 0.25) is 4.34 Å². The SMILES string of the molecule is O=C(CSc1nc2ccccc2s1)N1CCN(S(=O)(=O)c2ccc(Cl)s2)CC1. The van der Waals surface area contributed by atoms with Gasteiger partial charge in [-0.1, -0.05) is 35.5 Å². The van der Waals surface area contributed by atoms with Crippen molar-refractivity contribution in [3.63, 3.8) is 0 Å². The number of hydrogen-bond donors (Lipinski definition) is 0. The number of halogens is 1. The monoisotopic (exact) mass is 473 g/mol. The molecule has 0 bridgehead atoms. The van der Waals surface area contributed by atoms with Crippen molar-refractivity contribution in [1.82, 2.24) is 14.2 Å². The molecule has 1 aliphatic heterocycles. The number of aromatic nitrogens is 1. The van der Waals surface area contributed by atoms with Gasteiger partial charge < -0.3 is 4.90 Å². The molecule has 6 nitrogen and oxygen atoms in total.